The molecule has 9 heavy (non-hydrogen) atoms. The summed E-state index contributed by atoms with van der Waals surface area (Å²) in [6.45, 7) is 9.27. The highest BCUT2D eigenvalue weighted by atomic mass is 28.3. The van der Waals surface area contributed by atoms with Gasteiger partial charge in [0.05, 0.1) is 8.07 Å². The number of hydrogen-bond donors (Lipinski definition) is 0. The topological polar surface area (TPSA) is 0 Å². The van der Waals surface area contributed by atoms with Crippen molar-refractivity contribution in [1.82, 2.24) is 0 Å². The zero-order chi connectivity index (χ0) is 7.33. The van der Waals surface area contributed by atoms with Crippen LogP contribution in [0.15, 0.2) is 12.2 Å². The van der Waals surface area contributed by atoms with Crippen LogP contribution in [-0.4, -0.2) is 8.07 Å². The molecule has 0 aliphatic rings. The van der Waals surface area contributed by atoms with Crippen molar-refractivity contribution in [2.45, 2.75) is 39.0 Å². The summed E-state index contributed by atoms with van der Waals surface area (Å²) in [5.74, 6) is 0. The van der Waals surface area contributed by atoms with Gasteiger partial charge < -0.3 is 0 Å². The average Bonchev–Trinajstić information content (AvgIpc) is 1.84. The molecule has 0 aliphatic heterocycles. The molecule has 0 aliphatic carbocycles. The van der Waals surface area contributed by atoms with E-state index in [0.717, 1.165) is 0 Å². The Morgan fingerprint density at radius 1 is 1.33 bits per heavy atom. The Morgan fingerprint density at radius 2 is 1.89 bits per heavy atom. The zero-order valence-electron chi connectivity index (χ0n) is 7.07. The van der Waals surface area contributed by atoms with Gasteiger partial charge in [-0.2, -0.15) is 0 Å². The van der Waals surface area contributed by atoms with Gasteiger partial charge in [0.1, 0.15) is 0 Å². The summed E-state index contributed by atoms with van der Waals surface area (Å²) in [7, 11) is -0.785. The van der Waals surface area contributed by atoms with E-state index in [2.05, 4.69) is 39.1 Å². The van der Waals surface area contributed by atoms with Crippen molar-refractivity contribution in [3.63, 3.8) is 0 Å². The largest absolute Gasteiger partial charge is 0.0919 e. The van der Waals surface area contributed by atoms with E-state index in [0.29, 0.717) is 0 Å². The average molecular weight is 142 g/mol. The molecule has 0 aromatic heterocycles. The first kappa shape index (κ1) is 8.96. The second kappa shape index (κ2) is 3.88. The first-order valence-electron chi connectivity index (χ1n) is 3.73. The van der Waals surface area contributed by atoms with Crippen LogP contribution in [0.3, 0.4) is 0 Å². The molecule has 0 heterocycles. The molecule has 0 aromatic carbocycles. The molecular formula is C8H18Si. The predicted molar refractivity (Wildman–Crippen MR) is 47.6 cm³/mol. The highest BCUT2D eigenvalue weighted by Crippen LogP contribution is 2.14. The summed E-state index contributed by atoms with van der Waals surface area (Å²) < 4.78 is 0. The lowest BCUT2D eigenvalue weighted by molar-refractivity contribution is 1.31. The Kier molecular flexibility index (Phi) is 3.87. The van der Waals surface area contributed by atoms with Crippen LogP contribution in [-0.2, 0) is 0 Å². The zero-order valence-corrected chi connectivity index (χ0v) is 8.07. The third kappa shape index (κ3) is 4.46. The number of rotatable bonds is 3. The van der Waals surface area contributed by atoms with Crippen LogP contribution in [0.5, 0.6) is 0 Å². The van der Waals surface area contributed by atoms with Crippen molar-refractivity contribution < 1.29 is 0 Å². The summed E-state index contributed by atoms with van der Waals surface area (Å²) in [6.07, 6.45) is 4.46. The Balaban J connectivity index is 3.58. The minimum atomic E-state index is -0.785. The highest BCUT2D eigenvalue weighted by molar-refractivity contribution is 6.77. The lowest BCUT2D eigenvalue weighted by atomic mass is 10.6. The van der Waals surface area contributed by atoms with Crippen LogP contribution in [0.25, 0.3) is 0 Å². The predicted octanol–water partition coefficient (Wildman–Crippen LogP) is 3.29. The summed E-state index contributed by atoms with van der Waals surface area (Å²) >= 11 is 0. The standard InChI is InChI=1S/C8H18Si/c1-5-7-8-9(3,4)6-2/h5,7H,6,8H2,1-4H3. The van der Waals surface area contributed by atoms with Crippen LogP contribution >= 0.6 is 0 Å². The fourth-order valence-electron chi connectivity index (χ4n) is 0.581. The van der Waals surface area contributed by atoms with Gasteiger partial charge >= 0.3 is 0 Å². The van der Waals surface area contributed by atoms with E-state index in [4.69, 9.17) is 0 Å². The van der Waals surface area contributed by atoms with Crippen LogP contribution in [0.4, 0.5) is 0 Å². The first-order valence-corrected chi connectivity index (χ1v) is 7.15. The molecule has 0 rings (SSSR count). The van der Waals surface area contributed by atoms with Crippen LogP contribution in [0, 0.1) is 0 Å². The van der Waals surface area contributed by atoms with Crippen molar-refractivity contribution in [1.29, 1.82) is 0 Å². The van der Waals surface area contributed by atoms with Gasteiger partial charge in [-0.3, -0.25) is 0 Å². The monoisotopic (exact) mass is 142 g/mol. The molecule has 0 aromatic rings. The molecule has 0 atom stereocenters. The van der Waals surface area contributed by atoms with Crippen LogP contribution in [0.2, 0.25) is 25.2 Å². The van der Waals surface area contributed by atoms with Crippen molar-refractivity contribution in [2.75, 3.05) is 0 Å². The molecule has 0 radical (unpaired) electrons. The van der Waals surface area contributed by atoms with Gasteiger partial charge in [-0.25, -0.2) is 0 Å². The third-order valence-electron chi connectivity index (χ3n) is 1.86. The van der Waals surface area contributed by atoms with E-state index >= 15 is 0 Å². The molecule has 0 bridgehead atoms. The van der Waals surface area contributed by atoms with Gasteiger partial charge in [0, 0.05) is 0 Å². The van der Waals surface area contributed by atoms with Crippen molar-refractivity contribution in [3.05, 3.63) is 12.2 Å². The maximum atomic E-state index is 2.44. The molecule has 0 fully saturated rings. The molecule has 0 saturated carbocycles. The molecular weight excluding hydrogens is 124 g/mol. The number of hydrogen-bond acceptors (Lipinski definition) is 0. The van der Waals surface area contributed by atoms with E-state index in [1.54, 1.807) is 0 Å². The minimum Gasteiger partial charge on any atom is -0.0919 e. The summed E-state index contributed by atoms with van der Waals surface area (Å²) in [5, 5.41) is 0. The van der Waals surface area contributed by atoms with Crippen molar-refractivity contribution in [2.24, 2.45) is 0 Å². The molecule has 0 unspecified atom stereocenters. The molecule has 54 valence electrons. The van der Waals surface area contributed by atoms with E-state index in [1.807, 2.05) is 0 Å². The Labute approximate surface area is 60.0 Å². The Bertz CT molecular complexity index is 92.7. The van der Waals surface area contributed by atoms with Gasteiger partial charge in [-0.05, 0) is 13.0 Å². The lowest BCUT2D eigenvalue weighted by Crippen LogP contribution is -2.21. The van der Waals surface area contributed by atoms with Crippen molar-refractivity contribution >= 4 is 8.07 Å². The smallest absolute Gasteiger partial charge is 0.0508 e. The summed E-state index contributed by atoms with van der Waals surface area (Å²) in [5.41, 5.74) is 0. The highest BCUT2D eigenvalue weighted by Gasteiger charge is 2.14. The molecule has 1 heteroatoms. The van der Waals surface area contributed by atoms with Crippen molar-refractivity contribution in [3.8, 4) is 0 Å². The van der Waals surface area contributed by atoms with Gasteiger partial charge in [-0.1, -0.05) is 38.2 Å². The summed E-state index contributed by atoms with van der Waals surface area (Å²) in [6, 6.07) is 2.75. The third-order valence-corrected chi connectivity index (χ3v) is 5.12. The lowest BCUT2D eigenvalue weighted by Gasteiger charge is -2.16. The van der Waals surface area contributed by atoms with E-state index < -0.39 is 8.07 Å². The molecule has 0 nitrogen and oxygen atoms in total. The van der Waals surface area contributed by atoms with Gasteiger partial charge in [0.25, 0.3) is 0 Å². The van der Waals surface area contributed by atoms with Crippen LogP contribution in [0.1, 0.15) is 13.8 Å². The van der Waals surface area contributed by atoms with E-state index in [1.165, 1.54) is 12.1 Å². The number of allylic oxidation sites excluding steroid dienone is 2. The SMILES string of the molecule is CC=CC[Si](C)(C)CC. The second-order valence-corrected chi connectivity index (χ2v) is 8.73. The quantitative estimate of drug-likeness (QED) is 0.419. The Morgan fingerprint density at radius 3 is 2.22 bits per heavy atom. The Hall–Kier alpha value is -0.0431. The van der Waals surface area contributed by atoms with Gasteiger partial charge in [-0.15, -0.1) is 0 Å². The normalized spacial score (nSPS) is 12.9. The van der Waals surface area contributed by atoms with E-state index in [-0.39, 0.29) is 0 Å². The maximum absolute atomic E-state index is 2.44. The molecule has 0 amide bonds. The first-order chi connectivity index (χ1) is 4.12. The van der Waals surface area contributed by atoms with Gasteiger partial charge in [0.2, 0.25) is 0 Å². The fraction of sp³-hybridized carbons (Fsp3) is 0.750. The second-order valence-electron chi connectivity index (χ2n) is 3.29. The fourth-order valence-corrected chi connectivity index (χ4v) is 1.74. The van der Waals surface area contributed by atoms with Crippen LogP contribution < -0.4 is 0 Å². The van der Waals surface area contributed by atoms with E-state index in [9.17, 15) is 0 Å². The minimum absolute atomic E-state index is 0.785. The summed E-state index contributed by atoms with van der Waals surface area (Å²) in [4.78, 5) is 0. The molecule has 0 N–H and O–H groups in total. The molecule has 0 saturated heterocycles. The van der Waals surface area contributed by atoms with Gasteiger partial charge in [0.15, 0.2) is 0 Å². The maximum Gasteiger partial charge on any atom is 0.0508 e. The molecule has 0 spiro atoms.